The molecule has 0 radical (unpaired) electrons. The van der Waals surface area contributed by atoms with Crippen LogP contribution in [0.1, 0.15) is 24.4 Å². The quantitative estimate of drug-likeness (QED) is 0.360. The molecule has 10 heteroatoms. The number of aromatic nitrogens is 5. The Kier molecular flexibility index (Phi) is 7.20. The van der Waals surface area contributed by atoms with E-state index < -0.39 is 0 Å². The summed E-state index contributed by atoms with van der Waals surface area (Å²) in [6, 6.07) is 12.9. The number of likely N-dealkylation sites (N-methyl/N-ethyl adjacent to an activating group) is 1. The van der Waals surface area contributed by atoms with Crippen molar-refractivity contribution in [2.45, 2.75) is 29.8 Å². The Balaban J connectivity index is 1.24. The SMILES string of the molecule is CN1CCN(c2ccc(Nc3ncc4nc(SCc5cccnc5)n(C5CCOCC5)c4n3)cc2)CC1. The molecule has 1 aromatic carbocycles. The lowest BCUT2D eigenvalue weighted by atomic mass is 10.1. The van der Waals surface area contributed by atoms with Crippen LogP contribution in [0.3, 0.4) is 0 Å². The smallest absolute Gasteiger partial charge is 0.229 e. The standard InChI is InChI=1S/C27H32N8OS/c1-33-11-13-34(14-12-33)22-6-4-21(5-7-22)30-26-29-18-24-25(32-26)35(23-8-15-36-16-9-23)27(31-24)37-19-20-3-2-10-28-17-20/h2-7,10,17-18,23H,8-9,11-16,19H2,1H3,(H,29,30,32). The van der Waals surface area contributed by atoms with Gasteiger partial charge < -0.3 is 24.4 Å². The highest BCUT2D eigenvalue weighted by Crippen LogP contribution is 2.33. The Morgan fingerprint density at radius 2 is 1.81 bits per heavy atom. The van der Waals surface area contributed by atoms with Gasteiger partial charge in [0.1, 0.15) is 5.52 Å². The Bertz CT molecular complexity index is 1320. The second-order valence-corrected chi connectivity index (χ2v) is 10.6. The lowest BCUT2D eigenvalue weighted by Gasteiger charge is -2.34. The van der Waals surface area contributed by atoms with Crippen molar-refractivity contribution in [1.29, 1.82) is 0 Å². The van der Waals surface area contributed by atoms with Crippen molar-refractivity contribution < 1.29 is 4.74 Å². The normalized spacial score (nSPS) is 17.4. The van der Waals surface area contributed by atoms with Gasteiger partial charge in [-0.1, -0.05) is 17.8 Å². The van der Waals surface area contributed by atoms with E-state index in [9.17, 15) is 0 Å². The zero-order valence-electron chi connectivity index (χ0n) is 21.1. The lowest BCUT2D eigenvalue weighted by molar-refractivity contribution is 0.0683. The molecule has 2 aliphatic rings. The summed E-state index contributed by atoms with van der Waals surface area (Å²) in [4.78, 5) is 23.5. The third-order valence-electron chi connectivity index (χ3n) is 7.04. The van der Waals surface area contributed by atoms with Crippen LogP contribution >= 0.6 is 11.8 Å². The molecule has 3 aromatic heterocycles. The molecule has 0 saturated carbocycles. The van der Waals surface area contributed by atoms with Crippen LogP contribution in [0.4, 0.5) is 17.3 Å². The van der Waals surface area contributed by atoms with Crippen LogP contribution in [0.5, 0.6) is 0 Å². The topological polar surface area (TPSA) is 84.2 Å². The molecule has 0 bridgehead atoms. The van der Waals surface area contributed by atoms with E-state index in [-0.39, 0.29) is 0 Å². The molecular weight excluding hydrogens is 484 g/mol. The van der Waals surface area contributed by atoms with Crippen molar-refractivity contribution in [2.24, 2.45) is 0 Å². The van der Waals surface area contributed by atoms with Gasteiger partial charge >= 0.3 is 0 Å². The van der Waals surface area contributed by atoms with Gasteiger partial charge in [-0.25, -0.2) is 9.97 Å². The summed E-state index contributed by atoms with van der Waals surface area (Å²) in [6.07, 6.45) is 7.44. The molecule has 4 aromatic rings. The maximum absolute atomic E-state index is 5.64. The summed E-state index contributed by atoms with van der Waals surface area (Å²) in [7, 11) is 2.18. The maximum atomic E-state index is 5.64. The van der Waals surface area contributed by atoms with E-state index in [4.69, 9.17) is 14.7 Å². The second kappa shape index (κ2) is 11.0. The molecule has 1 N–H and O–H groups in total. The number of nitrogens with one attached hydrogen (secondary N) is 1. The number of nitrogens with zero attached hydrogens (tertiary/aromatic N) is 7. The first-order chi connectivity index (χ1) is 18.2. The highest BCUT2D eigenvalue weighted by Gasteiger charge is 2.24. The minimum atomic E-state index is 0.306. The highest BCUT2D eigenvalue weighted by molar-refractivity contribution is 7.98. The number of imidazole rings is 1. The zero-order chi connectivity index (χ0) is 25.0. The molecule has 9 nitrogen and oxygen atoms in total. The number of hydrogen-bond acceptors (Lipinski definition) is 9. The fraction of sp³-hybridized carbons (Fsp3) is 0.407. The van der Waals surface area contributed by atoms with E-state index >= 15 is 0 Å². The average molecular weight is 517 g/mol. The van der Waals surface area contributed by atoms with Gasteiger partial charge in [0.15, 0.2) is 10.8 Å². The number of rotatable bonds is 7. The van der Waals surface area contributed by atoms with Crippen molar-refractivity contribution in [2.75, 3.05) is 56.7 Å². The molecule has 2 fully saturated rings. The van der Waals surface area contributed by atoms with Crippen LogP contribution < -0.4 is 10.2 Å². The first-order valence-corrected chi connectivity index (χ1v) is 13.9. The molecule has 0 atom stereocenters. The molecule has 6 rings (SSSR count). The number of thioether (sulfide) groups is 1. The second-order valence-electron chi connectivity index (χ2n) is 9.62. The van der Waals surface area contributed by atoms with Crippen molar-refractivity contribution in [3.63, 3.8) is 0 Å². The van der Waals surface area contributed by atoms with Crippen molar-refractivity contribution in [1.82, 2.24) is 29.4 Å². The van der Waals surface area contributed by atoms with Gasteiger partial charge in [-0.15, -0.1) is 0 Å². The number of anilines is 3. The van der Waals surface area contributed by atoms with E-state index in [1.807, 2.05) is 18.5 Å². The molecule has 5 heterocycles. The third-order valence-corrected chi connectivity index (χ3v) is 8.06. The minimum Gasteiger partial charge on any atom is -0.381 e. The summed E-state index contributed by atoms with van der Waals surface area (Å²) >= 11 is 1.72. The van der Waals surface area contributed by atoms with Gasteiger partial charge in [0.25, 0.3) is 0 Å². The fourth-order valence-corrected chi connectivity index (χ4v) is 5.89. The number of hydrogen-bond donors (Lipinski definition) is 1. The van der Waals surface area contributed by atoms with Crippen LogP contribution in [0.25, 0.3) is 11.2 Å². The predicted molar refractivity (Wildman–Crippen MR) is 148 cm³/mol. The molecule has 2 saturated heterocycles. The zero-order valence-corrected chi connectivity index (χ0v) is 21.9. The maximum Gasteiger partial charge on any atom is 0.229 e. The molecule has 192 valence electrons. The number of piperazine rings is 1. The summed E-state index contributed by atoms with van der Waals surface area (Å²) in [5.74, 6) is 1.38. The lowest BCUT2D eigenvalue weighted by Crippen LogP contribution is -2.44. The first-order valence-electron chi connectivity index (χ1n) is 12.9. The molecule has 0 spiro atoms. The molecule has 2 aliphatic heterocycles. The van der Waals surface area contributed by atoms with E-state index in [0.717, 1.165) is 80.0 Å². The van der Waals surface area contributed by atoms with Crippen LogP contribution in [0, 0.1) is 0 Å². The molecular formula is C27H32N8OS. The Hall–Kier alpha value is -3.21. The minimum absolute atomic E-state index is 0.306. The summed E-state index contributed by atoms with van der Waals surface area (Å²) < 4.78 is 7.93. The number of pyridine rings is 1. The largest absolute Gasteiger partial charge is 0.381 e. The van der Waals surface area contributed by atoms with Gasteiger partial charge in [-0.3, -0.25) is 4.98 Å². The summed E-state index contributed by atoms with van der Waals surface area (Å²) in [5.41, 5.74) is 5.08. The van der Waals surface area contributed by atoms with Crippen LogP contribution in [0.15, 0.2) is 60.1 Å². The van der Waals surface area contributed by atoms with Gasteiger partial charge in [0, 0.05) is 75.0 Å². The first kappa shape index (κ1) is 24.1. The van der Waals surface area contributed by atoms with Crippen LogP contribution in [-0.2, 0) is 10.5 Å². The monoisotopic (exact) mass is 516 g/mol. The van der Waals surface area contributed by atoms with E-state index in [0.29, 0.717) is 12.0 Å². The number of ether oxygens (including phenoxy) is 1. The number of benzene rings is 1. The van der Waals surface area contributed by atoms with Gasteiger partial charge in [-0.2, -0.15) is 4.98 Å². The summed E-state index contributed by atoms with van der Waals surface area (Å²) in [5, 5.41) is 4.37. The van der Waals surface area contributed by atoms with E-state index in [2.05, 4.69) is 67.0 Å². The Morgan fingerprint density at radius 3 is 2.57 bits per heavy atom. The van der Waals surface area contributed by atoms with Gasteiger partial charge in [0.2, 0.25) is 5.95 Å². The van der Waals surface area contributed by atoms with Crippen LogP contribution in [-0.4, -0.2) is 75.8 Å². The summed E-state index contributed by atoms with van der Waals surface area (Å²) in [6.45, 7) is 5.81. The highest BCUT2D eigenvalue weighted by atomic mass is 32.2. The van der Waals surface area contributed by atoms with Gasteiger partial charge in [0.05, 0.1) is 6.20 Å². The van der Waals surface area contributed by atoms with Gasteiger partial charge in [-0.05, 0) is 55.8 Å². The number of fused-ring (bicyclic) bond motifs is 1. The fourth-order valence-electron chi connectivity index (χ4n) is 4.89. The van der Waals surface area contributed by atoms with Crippen molar-refractivity contribution in [3.8, 4) is 0 Å². The Labute approximate surface area is 221 Å². The van der Waals surface area contributed by atoms with E-state index in [1.165, 1.54) is 11.3 Å². The third kappa shape index (κ3) is 5.56. The van der Waals surface area contributed by atoms with Crippen molar-refractivity contribution >= 4 is 40.2 Å². The van der Waals surface area contributed by atoms with E-state index in [1.54, 1.807) is 18.0 Å². The predicted octanol–water partition coefficient (Wildman–Crippen LogP) is 4.36. The van der Waals surface area contributed by atoms with Crippen molar-refractivity contribution in [3.05, 3.63) is 60.6 Å². The average Bonchev–Trinajstić information content (AvgIpc) is 3.31. The molecule has 0 unspecified atom stereocenters. The molecule has 0 amide bonds. The van der Waals surface area contributed by atoms with Crippen LogP contribution in [0.2, 0.25) is 0 Å². The Morgan fingerprint density at radius 1 is 1.00 bits per heavy atom. The molecule has 0 aliphatic carbocycles. The molecule has 37 heavy (non-hydrogen) atoms.